The van der Waals surface area contributed by atoms with Gasteiger partial charge in [0, 0.05) is 16.6 Å². The first-order chi connectivity index (χ1) is 10.8. The van der Waals surface area contributed by atoms with Crippen molar-refractivity contribution in [3.05, 3.63) is 78.9 Å². The first-order valence-electron chi connectivity index (χ1n) is 7.25. The Bertz CT molecular complexity index is 905. The standard InChI is InChI=1S/C20H15NO/c21-16-10-11-17(18(13-16)14-6-2-1-3-7-14)20-12-15-8-4-5-9-19(15)22-20/h1-13H,21H2. The third-order valence-corrected chi connectivity index (χ3v) is 3.82. The Labute approximate surface area is 128 Å². The van der Waals surface area contributed by atoms with Gasteiger partial charge in [-0.25, -0.2) is 0 Å². The lowest BCUT2D eigenvalue weighted by molar-refractivity contribution is 0.632. The predicted octanol–water partition coefficient (Wildman–Crippen LogP) is 5.35. The van der Waals surface area contributed by atoms with Crippen molar-refractivity contribution in [1.29, 1.82) is 0 Å². The molecule has 1 aromatic heterocycles. The Morgan fingerprint density at radius 3 is 2.27 bits per heavy atom. The summed E-state index contributed by atoms with van der Waals surface area (Å²) in [6.45, 7) is 0. The summed E-state index contributed by atoms with van der Waals surface area (Å²) in [6.07, 6.45) is 0. The highest BCUT2D eigenvalue weighted by molar-refractivity contribution is 5.89. The third kappa shape index (κ3) is 2.15. The molecule has 106 valence electrons. The number of anilines is 1. The summed E-state index contributed by atoms with van der Waals surface area (Å²) >= 11 is 0. The van der Waals surface area contributed by atoms with Gasteiger partial charge in [0.25, 0.3) is 0 Å². The molecule has 0 fully saturated rings. The van der Waals surface area contributed by atoms with Gasteiger partial charge in [0.15, 0.2) is 0 Å². The molecule has 1 heterocycles. The number of para-hydroxylation sites is 1. The van der Waals surface area contributed by atoms with Crippen LogP contribution in [0.2, 0.25) is 0 Å². The first-order valence-corrected chi connectivity index (χ1v) is 7.25. The molecule has 0 atom stereocenters. The van der Waals surface area contributed by atoms with Gasteiger partial charge in [-0.2, -0.15) is 0 Å². The van der Waals surface area contributed by atoms with Crippen LogP contribution < -0.4 is 5.73 Å². The molecule has 0 radical (unpaired) electrons. The molecular formula is C20H15NO. The lowest BCUT2D eigenvalue weighted by Crippen LogP contribution is -1.89. The van der Waals surface area contributed by atoms with Crippen LogP contribution in [0.5, 0.6) is 0 Å². The summed E-state index contributed by atoms with van der Waals surface area (Å²) in [5.41, 5.74) is 10.9. The highest BCUT2D eigenvalue weighted by Crippen LogP contribution is 2.36. The number of benzene rings is 3. The van der Waals surface area contributed by atoms with Crippen molar-refractivity contribution in [2.75, 3.05) is 5.73 Å². The second kappa shape index (κ2) is 5.08. The fourth-order valence-electron chi connectivity index (χ4n) is 2.75. The van der Waals surface area contributed by atoms with E-state index in [4.69, 9.17) is 10.2 Å². The maximum Gasteiger partial charge on any atom is 0.136 e. The van der Waals surface area contributed by atoms with Crippen molar-refractivity contribution < 1.29 is 4.42 Å². The molecule has 0 saturated carbocycles. The third-order valence-electron chi connectivity index (χ3n) is 3.82. The van der Waals surface area contributed by atoms with Crippen LogP contribution in [-0.2, 0) is 0 Å². The molecular weight excluding hydrogens is 270 g/mol. The molecule has 0 amide bonds. The molecule has 4 aromatic rings. The Morgan fingerprint density at radius 1 is 0.682 bits per heavy atom. The van der Waals surface area contributed by atoms with E-state index < -0.39 is 0 Å². The van der Waals surface area contributed by atoms with Crippen LogP contribution in [0.4, 0.5) is 5.69 Å². The number of fused-ring (bicyclic) bond motifs is 1. The topological polar surface area (TPSA) is 39.2 Å². The van der Waals surface area contributed by atoms with Gasteiger partial charge < -0.3 is 10.2 Å². The van der Waals surface area contributed by atoms with Gasteiger partial charge in [-0.3, -0.25) is 0 Å². The van der Waals surface area contributed by atoms with E-state index in [9.17, 15) is 0 Å². The van der Waals surface area contributed by atoms with Crippen molar-refractivity contribution in [2.45, 2.75) is 0 Å². The maximum absolute atomic E-state index is 6.02. The second-order valence-electron chi connectivity index (χ2n) is 5.32. The molecule has 0 bridgehead atoms. The minimum Gasteiger partial charge on any atom is -0.456 e. The minimum absolute atomic E-state index is 0.749. The van der Waals surface area contributed by atoms with Crippen molar-refractivity contribution in [2.24, 2.45) is 0 Å². The van der Waals surface area contributed by atoms with Crippen molar-refractivity contribution in [3.63, 3.8) is 0 Å². The van der Waals surface area contributed by atoms with Crippen LogP contribution in [0.1, 0.15) is 0 Å². The average molecular weight is 285 g/mol. The van der Waals surface area contributed by atoms with Gasteiger partial charge in [-0.15, -0.1) is 0 Å². The number of hydrogen-bond donors (Lipinski definition) is 1. The van der Waals surface area contributed by atoms with Crippen molar-refractivity contribution >= 4 is 16.7 Å². The molecule has 2 heteroatoms. The van der Waals surface area contributed by atoms with Crippen LogP contribution >= 0.6 is 0 Å². The highest BCUT2D eigenvalue weighted by Gasteiger charge is 2.12. The van der Waals surface area contributed by atoms with Crippen molar-refractivity contribution in [3.8, 4) is 22.5 Å². The molecule has 2 nitrogen and oxygen atoms in total. The van der Waals surface area contributed by atoms with E-state index in [1.807, 2.05) is 54.6 Å². The predicted molar refractivity (Wildman–Crippen MR) is 91.5 cm³/mol. The van der Waals surface area contributed by atoms with Gasteiger partial charge in [-0.05, 0) is 41.5 Å². The van der Waals surface area contributed by atoms with Crippen LogP contribution in [0.25, 0.3) is 33.4 Å². The highest BCUT2D eigenvalue weighted by atomic mass is 16.3. The van der Waals surface area contributed by atoms with Crippen LogP contribution in [-0.4, -0.2) is 0 Å². The van der Waals surface area contributed by atoms with Gasteiger partial charge in [0.05, 0.1) is 0 Å². The Balaban J connectivity index is 1.95. The Hall–Kier alpha value is -3.00. The summed E-state index contributed by atoms with van der Waals surface area (Å²) in [4.78, 5) is 0. The molecule has 22 heavy (non-hydrogen) atoms. The average Bonchev–Trinajstić information content (AvgIpc) is 2.99. The quantitative estimate of drug-likeness (QED) is 0.504. The van der Waals surface area contributed by atoms with Crippen LogP contribution in [0, 0.1) is 0 Å². The van der Waals surface area contributed by atoms with E-state index in [1.54, 1.807) is 0 Å². The van der Waals surface area contributed by atoms with Crippen molar-refractivity contribution in [1.82, 2.24) is 0 Å². The van der Waals surface area contributed by atoms with Gasteiger partial charge in [-0.1, -0.05) is 48.5 Å². The van der Waals surface area contributed by atoms with E-state index in [0.29, 0.717) is 0 Å². The van der Waals surface area contributed by atoms with Gasteiger partial charge in [0.1, 0.15) is 11.3 Å². The zero-order valence-corrected chi connectivity index (χ0v) is 12.0. The molecule has 0 aliphatic rings. The second-order valence-corrected chi connectivity index (χ2v) is 5.32. The fourth-order valence-corrected chi connectivity index (χ4v) is 2.75. The van der Waals surface area contributed by atoms with E-state index >= 15 is 0 Å². The molecule has 4 rings (SSSR count). The van der Waals surface area contributed by atoms with E-state index in [0.717, 1.165) is 39.1 Å². The largest absolute Gasteiger partial charge is 0.456 e. The first kappa shape index (κ1) is 12.7. The Morgan fingerprint density at radius 2 is 1.45 bits per heavy atom. The number of nitrogens with two attached hydrogens (primary N) is 1. The fraction of sp³-hybridized carbons (Fsp3) is 0. The van der Waals surface area contributed by atoms with Gasteiger partial charge in [0.2, 0.25) is 0 Å². The molecule has 0 spiro atoms. The molecule has 3 aromatic carbocycles. The SMILES string of the molecule is Nc1ccc(-c2cc3ccccc3o2)c(-c2ccccc2)c1. The molecule has 0 aliphatic heterocycles. The number of rotatable bonds is 2. The van der Waals surface area contributed by atoms with Crippen LogP contribution in [0.3, 0.4) is 0 Å². The molecule has 0 unspecified atom stereocenters. The zero-order valence-electron chi connectivity index (χ0n) is 12.0. The zero-order chi connectivity index (χ0) is 14.9. The number of furan rings is 1. The van der Waals surface area contributed by atoms with E-state index in [2.05, 4.69) is 24.3 Å². The number of nitrogen functional groups attached to an aromatic ring is 1. The lowest BCUT2D eigenvalue weighted by atomic mass is 9.97. The minimum atomic E-state index is 0.749. The lowest BCUT2D eigenvalue weighted by Gasteiger charge is -2.09. The molecule has 0 saturated heterocycles. The molecule has 2 N–H and O–H groups in total. The normalized spacial score (nSPS) is 10.9. The van der Waals surface area contributed by atoms with Crippen LogP contribution in [0.15, 0.2) is 83.3 Å². The monoisotopic (exact) mass is 285 g/mol. The Kier molecular flexibility index (Phi) is 2.94. The number of hydrogen-bond acceptors (Lipinski definition) is 2. The van der Waals surface area contributed by atoms with E-state index in [-0.39, 0.29) is 0 Å². The summed E-state index contributed by atoms with van der Waals surface area (Å²) in [6, 6.07) is 26.3. The summed E-state index contributed by atoms with van der Waals surface area (Å²) < 4.78 is 6.02. The summed E-state index contributed by atoms with van der Waals surface area (Å²) in [5, 5.41) is 1.10. The summed E-state index contributed by atoms with van der Waals surface area (Å²) in [5.74, 6) is 0.861. The maximum atomic E-state index is 6.02. The van der Waals surface area contributed by atoms with Gasteiger partial charge >= 0.3 is 0 Å². The molecule has 0 aliphatic carbocycles. The van der Waals surface area contributed by atoms with E-state index in [1.165, 1.54) is 0 Å². The summed E-state index contributed by atoms with van der Waals surface area (Å²) in [7, 11) is 0. The smallest absolute Gasteiger partial charge is 0.136 e.